The normalized spacial score (nSPS) is 28.1. The molecular weight excluding hydrogens is 809 g/mol. The Balaban J connectivity index is -0.000000276. The van der Waals surface area contributed by atoms with Crippen molar-refractivity contribution in [3.8, 4) is 0 Å². The molecule has 0 aromatic carbocycles. The van der Waals surface area contributed by atoms with Crippen LogP contribution in [0.3, 0.4) is 0 Å². The van der Waals surface area contributed by atoms with Gasteiger partial charge in [-0.25, -0.2) is 0 Å². The van der Waals surface area contributed by atoms with E-state index < -0.39 is 78.3 Å². The van der Waals surface area contributed by atoms with Crippen molar-refractivity contribution in [1.29, 1.82) is 0 Å². The molecule has 0 aliphatic carbocycles. The number of ether oxygens (including phenoxy) is 8. The number of hydrogen-bond acceptors (Lipinski definition) is 19. The van der Waals surface area contributed by atoms with Crippen LogP contribution in [-0.4, -0.2) is 120 Å². The fraction of sp³-hybridized carbons (Fsp3) is 0.920. The second kappa shape index (κ2) is 24.7. The zero-order valence-corrected chi connectivity index (χ0v) is 35.1. The van der Waals surface area contributed by atoms with E-state index in [0.717, 1.165) is 12.9 Å². The molecule has 0 bridgehead atoms. The number of carbonyl (C=O) groups is 1. The van der Waals surface area contributed by atoms with E-state index in [1.165, 1.54) is 0 Å². The van der Waals surface area contributed by atoms with Crippen LogP contribution in [0.1, 0.15) is 62.8 Å². The molecule has 19 nitrogen and oxygen atoms in total. The van der Waals surface area contributed by atoms with Gasteiger partial charge in [0.15, 0.2) is 29.4 Å². The molecule has 0 aromatic heterocycles. The molecule has 4 heterocycles. The van der Waals surface area contributed by atoms with Gasteiger partial charge < -0.3 is 58.0 Å². The minimum atomic E-state index is -5.94. The maximum atomic E-state index is 10.1. The van der Waals surface area contributed by atoms with Crippen molar-refractivity contribution in [2.75, 3.05) is 26.4 Å². The Kier molecular flexibility index (Phi) is 28.9. The van der Waals surface area contributed by atoms with Gasteiger partial charge in [0.1, 0.15) is 50.6 Å². The predicted molar refractivity (Wildman–Crippen MR) is 140 cm³/mol. The molecule has 48 heavy (non-hydrogen) atoms. The second-order valence-corrected chi connectivity index (χ2v) is 13.9. The van der Waals surface area contributed by atoms with Gasteiger partial charge in [-0.1, -0.05) is 7.43 Å². The minimum Gasteiger partial charge on any atom is -0.563 e. The Morgan fingerprint density at radius 1 is 0.688 bits per heavy atom. The van der Waals surface area contributed by atoms with Crippen LogP contribution in [0.4, 0.5) is 0 Å². The fourth-order valence-electron chi connectivity index (χ4n) is 3.78. The largest absolute Gasteiger partial charge is 1.00 e. The zero-order chi connectivity index (χ0) is 35.4. The van der Waals surface area contributed by atoms with E-state index in [9.17, 15) is 15.0 Å². The van der Waals surface area contributed by atoms with Crippen LogP contribution in [0.25, 0.3) is 0 Å². The summed E-state index contributed by atoms with van der Waals surface area (Å²) in [5.41, 5.74) is 0. The molecule has 4 rings (SSSR count). The maximum Gasteiger partial charge on any atom is 1.00 e. The summed E-state index contributed by atoms with van der Waals surface area (Å²) in [6, 6.07) is 0. The molecule has 0 saturated carbocycles. The molecule has 4 fully saturated rings. The molecule has 4 saturated heterocycles. The summed E-state index contributed by atoms with van der Waals surface area (Å²) in [6.07, 6.45) is -3.08. The van der Waals surface area contributed by atoms with E-state index in [-0.39, 0.29) is 92.0 Å². The van der Waals surface area contributed by atoms with Crippen molar-refractivity contribution >= 4 is 16.9 Å². The van der Waals surface area contributed by atoms with Crippen LogP contribution >= 0.6 is 0 Å². The summed E-state index contributed by atoms with van der Waals surface area (Å²) in [5, 5.41) is 28.6. The molecule has 0 spiro atoms. The number of aldehydes is 1. The Morgan fingerprint density at radius 3 is 1.15 bits per heavy atom. The molecule has 6 atom stereocenters. The van der Waals surface area contributed by atoms with Gasteiger partial charge in [-0.3, -0.25) is 13.7 Å². The van der Waals surface area contributed by atoms with Gasteiger partial charge in [0.05, 0.1) is 26.4 Å². The number of aliphatic hydroxyl groups excluding tert-OH is 3. The average Bonchev–Trinajstić information content (AvgIpc) is 3.62. The van der Waals surface area contributed by atoms with Gasteiger partial charge in [0.2, 0.25) is 0 Å². The molecule has 4 aliphatic rings. The average molecular weight is 857 g/mol. The standard InChI is InChI=1S/C12H22O6.C6H11O3.C6H10O3.CH4.IO4.2Na.O3S/c1-11(2)15-5-7(17-11)9(13)10(14)8-6-16-12(3,4)18-8;2*1-6(2)8-4-5(3-7)9-6;;2-1(3,4)5;;;1-4(2)3/h7-10,13-14H,5-6H2,1-4H3;3,5,7H,4H2,1-2H3;3,5H,4H2,1-2H3;1H4;;;;/q;-1;;;-1;2*+1;/t7?,8?,9-,10-;;;;;;;/m1......./s1. The van der Waals surface area contributed by atoms with Crippen molar-refractivity contribution in [1.82, 2.24) is 0 Å². The first-order chi connectivity index (χ1) is 20.2. The maximum absolute atomic E-state index is 10.1. The van der Waals surface area contributed by atoms with E-state index in [1.807, 2.05) is 13.8 Å². The second-order valence-electron chi connectivity index (χ2n) is 11.3. The van der Waals surface area contributed by atoms with Crippen LogP contribution in [0.5, 0.6) is 0 Å². The molecule has 0 amide bonds. The third-order valence-corrected chi connectivity index (χ3v) is 5.55. The monoisotopic (exact) mass is 856 g/mol. The molecule has 3 N–H and O–H groups in total. The van der Waals surface area contributed by atoms with Crippen LogP contribution in [0.15, 0.2) is 0 Å². The van der Waals surface area contributed by atoms with Crippen molar-refractivity contribution < 1.29 is 164 Å². The number of hydrogen-bond donors (Lipinski definition) is 3. The molecule has 0 radical (unpaired) electrons. The van der Waals surface area contributed by atoms with Crippen molar-refractivity contribution in [2.24, 2.45) is 0 Å². The van der Waals surface area contributed by atoms with E-state index in [1.54, 1.807) is 41.5 Å². The Labute approximate surface area is 333 Å². The van der Waals surface area contributed by atoms with Crippen LogP contribution in [0, 0.1) is 6.61 Å². The first-order valence-corrected chi connectivity index (χ1v) is 17.7. The summed E-state index contributed by atoms with van der Waals surface area (Å²) < 4.78 is 102. The zero-order valence-electron chi connectivity index (χ0n) is 28.1. The summed E-state index contributed by atoms with van der Waals surface area (Å²) in [7, 11) is -3.11. The van der Waals surface area contributed by atoms with Crippen LogP contribution < -0.4 is 93.0 Å². The predicted octanol–water partition coefficient (Wildman–Crippen LogP) is -13.1. The smallest absolute Gasteiger partial charge is 0.563 e. The number of halogens is 1. The topological polar surface area (TPSA) is 295 Å². The molecule has 23 heteroatoms. The summed E-state index contributed by atoms with van der Waals surface area (Å²) in [6.45, 7) is 16.6. The summed E-state index contributed by atoms with van der Waals surface area (Å²) in [5.74, 6) is -2.54. The summed E-state index contributed by atoms with van der Waals surface area (Å²) in [4.78, 5) is 10.1. The first-order valence-electron chi connectivity index (χ1n) is 13.2. The van der Waals surface area contributed by atoms with E-state index in [4.69, 9.17) is 69.4 Å². The van der Waals surface area contributed by atoms with E-state index >= 15 is 0 Å². The van der Waals surface area contributed by atoms with Gasteiger partial charge in [0.25, 0.3) is 0 Å². The number of rotatable bonds is 5. The Hall–Kier alpha value is 1.42. The quantitative estimate of drug-likeness (QED) is 0.100. The molecule has 276 valence electrons. The van der Waals surface area contributed by atoms with Crippen molar-refractivity contribution in [2.45, 2.75) is 123 Å². The third kappa shape index (κ3) is 27.1. The van der Waals surface area contributed by atoms with Gasteiger partial charge in [-0.2, -0.15) is 6.61 Å². The van der Waals surface area contributed by atoms with Gasteiger partial charge in [-0.15, -0.1) is 12.6 Å². The van der Waals surface area contributed by atoms with Crippen molar-refractivity contribution in [3.63, 3.8) is 0 Å². The van der Waals surface area contributed by atoms with E-state index in [2.05, 4.69) is 0 Å². The minimum absolute atomic E-state index is 0. The SMILES string of the molecule is C.CC1(C)OCC(C=O)O1.CC1(C)OCC([C@@H](O)[C@H](O)C2COC(C)(C)O2)O1.CC1(C)OCC([CH-]O)O1.O=S(=O)=O.[Na+].[Na+].[O-][I+3]([O-])([O-])[O-]. The number of carbonyl (C=O) groups excluding carboxylic acids is 1. The molecule has 4 aliphatic heterocycles. The molecule has 4 unspecified atom stereocenters. The molecule has 0 aromatic rings. The van der Waals surface area contributed by atoms with Crippen LogP contribution in [-0.2, 0) is 53.3 Å². The van der Waals surface area contributed by atoms with Gasteiger partial charge in [0, 0.05) is 0 Å². The van der Waals surface area contributed by atoms with Gasteiger partial charge >= 0.3 is 69.7 Å². The molecular formula is C25H47INa2O19S. The summed E-state index contributed by atoms with van der Waals surface area (Å²) >= 11 is -5.94. The Morgan fingerprint density at radius 2 is 0.979 bits per heavy atom. The van der Waals surface area contributed by atoms with Crippen molar-refractivity contribution in [3.05, 3.63) is 6.61 Å². The van der Waals surface area contributed by atoms with E-state index in [0.29, 0.717) is 13.2 Å². The fourth-order valence-corrected chi connectivity index (χ4v) is 3.78. The van der Waals surface area contributed by atoms with Crippen LogP contribution in [0.2, 0.25) is 0 Å². The third-order valence-electron chi connectivity index (χ3n) is 5.55. The first kappa shape index (κ1) is 56.2. The number of aliphatic hydroxyl groups is 3. The van der Waals surface area contributed by atoms with Gasteiger partial charge in [-0.05, 0) is 61.5 Å². The Bertz CT molecular complexity index is 954.